The standard InChI is InChI=1S/C13H16ClN3O3/c1-12(2)9(13(12,3)4)11(18)16-10-7(17(19)20)5-6-8(14)15-10/h5-6,9H,1-4H3,(H,15,16,18). The summed E-state index contributed by atoms with van der Waals surface area (Å²) >= 11 is 5.73. The molecule has 0 aliphatic heterocycles. The van der Waals surface area contributed by atoms with Gasteiger partial charge in [-0.05, 0) is 16.9 Å². The Morgan fingerprint density at radius 3 is 2.35 bits per heavy atom. The summed E-state index contributed by atoms with van der Waals surface area (Å²) in [6, 6.07) is 2.55. The van der Waals surface area contributed by atoms with E-state index >= 15 is 0 Å². The Morgan fingerprint density at radius 2 is 1.90 bits per heavy atom. The summed E-state index contributed by atoms with van der Waals surface area (Å²) in [5.41, 5.74) is -0.562. The van der Waals surface area contributed by atoms with Crippen LogP contribution in [0.1, 0.15) is 27.7 Å². The van der Waals surface area contributed by atoms with Gasteiger partial charge in [-0.2, -0.15) is 0 Å². The molecule has 1 aromatic rings. The molecule has 1 aromatic heterocycles. The first kappa shape index (κ1) is 14.7. The van der Waals surface area contributed by atoms with E-state index in [-0.39, 0.29) is 39.3 Å². The van der Waals surface area contributed by atoms with Crippen LogP contribution in [0.4, 0.5) is 11.5 Å². The molecule has 0 aromatic carbocycles. The topological polar surface area (TPSA) is 85.1 Å². The molecule has 108 valence electrons. The lowest BCUT2D eigenvalue weighted by molar-refractivity contribution is -0.384. The molecule has 0 saturated heterocycles. The minimum atomic E-state index is -0.595. The fourth-order valence-corrected chi connectivity index (χ4v) is 2.86. The number of carbonyl (C=O) groups excluding carboxylic acids is 1. The van der Waals surface area contributed by atoms with Crippen LogP contribution >= 0.6 is 11.6 Å². The molecular formula is C13H16ClN3O3. The minimum absolute atomic E-state index is 0.0974. The number of nitrogens with zero attached hydrogens (tertiary/aromatic N) is 2. The van der Waals surface area contributed by atoms with Crippen LogP contribution in [0, 0.1) is 26.9 Å². The summed E-state index contributed by atoms with van der Waals surface area (Å²) in [5.74, 6) is -0.584. The van der Waals surface area contributed by atoms with Gasteiger partial charge in [0.05, 0.1) is 4.92 Å². The second-order valence-electron chi connectivity index (χ2n) is 6.12. The van der Waals surface area contributed by atoms with Gasteiger partial charge in [0.2, 0.25) is 11.7 Å². The van der Waals surface area contributed by atoms with Gasteiger partial charge in [-0.3, -0.25) is 14.9 Å². The van der Waals surface area contributed by atoms with Crippen molar-refractivity contribution < 1.29 is 9.72 Å². The van der Waals surface area contributed by atoms with E-state index in [0.717, 1.165) is 0 Å². The van der Waals surface area contributed by atoms with E-state index in [0.29, 0.717) is 0 Å². The molecule has 0 unspecified atom stereocenters. The van der Waals surface area contributed by atoms with Gasteiger partial charge in [0.1, 0.15) is 5.15 Å². The third kappa shape index (κ3) is 2.14. The lowest BCUT2D eigenvalue weighted by Gasteiger charge is -2.06. The predicted molar refractivity (Wildman–Crippen MR) is 75.6 cm³/mol. The van der Waals surface area contributed by atoms with Gasteiger partial charge >= 0.3 is 5.69 Å². The zero-order valence-corrected chi connectivity index (χ0v) is 12.5. The highest BCUT2D eigenvalue weighted by Crippen LogP contribution is 2.68. The molecule has 7 heteroatoms. The van der Waals surface area contributed by atoms with E-state index in [1.807, 2.05) is 27.7 Å². The third-order valence-corrected chi connectivity index (χ3v) is 4.77. The quantitative estimate of drug-likeness (QED) is 0.527. The van der Waals surface area contributed by atoms with E-state index in [9.17, 15) is 14.9 Å². The normalized spacial score (nSPS) is 19.4. The molecule has 1 aliphatic rings. The molecule has 1 aliphatic carbocycles. The lowest BCUT2D eigenvalue weighted by atomic mass is 10.0. The van der Waals surface area contributed by atoms with E-state index in [4.69, 9.17) is 11.6 Å². The number of carbonyl (C=O) groups is 1. The first-order valence-electron chi connectivity index (χ1n) is 6.21. The van der Waals surface area contributed by atoms with Gasteiger partial charge in [0, 0.05) is 12.0 Å². The summed E-state index contributed by atoms with van der Waals surface area (Å²) in [6.45, 7) is 7.99. The molecular weight excluding hydrogens is 282 g/mol. The van der Waals surface area contributed by atoms with Crippen LogP contribution in [0.5, 0.6) is 0 Å². The number of hydrogen-bond acceptors (Lipinski definition) is 4. The minimum Gasteiger partial charge on any atom is -0.305 e. The Balaban J connectivity index is 2.26. The molecule has 0 atom stereocenters. The van der Waals surface area contributed by atoms with Gasteiger partial charge in [0.25, 0.3) is 0 Å². The molecule has 2 rings (SSSR count). The number of nitrogens with one attached hydrogen (secondary N) is 1. The number of aromatic nitrogens is 1. The van der Waals surface area contributed by atoms with Crippen LogP contribution in [-0.4, -0.2) is 15.8 Å². The molecule has 1 fully saturated rings. The molecule has 0 bridgehead atoms. The largest absolute Gasteiger partial charge is 0.311 e. The Hall–Kier alpha value is -1.69. The molecule has 20 heavy (non-hydrogen) atoms. The third-order valence-electron chi connectivity index (χ3n) is 4.56. The number of hydrogen-bond donors (Lipinski definition) is 1. The first-order valence-corrected chi connectivity index (χ1v) is 6.58. The van der Waals surface area contributed by atoms with E-state index < -0.39 is 4.92 Å². The maximum absolute atomic E-state index is 12.3. The van der Waals surface area contributed by atoms with Crippen LogP contribution < -0.4 is 5.32 Å². The van der Waals surface area contributed by atoms with E-state index in [1.54, 1.807) is 0 Å². The average Bonchev–Trinajstić information content (AvgIpc) is 2.68. The summed E-state index contributed by atoms with van der Waals surface area (Å²) in [7, 11) is 0. The first-order chi connectivity index (χ1) is 9.09. The van der Waals surface area contributed by atoms with Crippen molar-refractivity contribution in [1.29, 1.82) is 0 Å². The van der Waals surface area contributed by atoms with Crippen molar-refractivity contribution in [3.63, 3.8) is 0 Å². The zero-order chi connectivity index (χ0) is 15.3. The summed E-state index contributed by atoms with van der Waals surface area (Å²) < 4.78 is 0. The molecule has 0 radical (unpaired) electrons. The maximum Gasteiger partial charge on any atom is 0.311 e. The second kappa shape index (κ2) is 4.41. The zero-order valence-electron chi connectivity index (χ0n) is 11.7. The monoisotopic (exact) mass is 297 g/mol. The number of rotatable bonds is 3. The van der Waals surface area contributed by atoms with Crippen LogP contribution in [-0.2, 0) is 4.79 Å². The molecule has 6 nitrogen and oxygen atoms in total. The maximum atomic E-state index is 12.3. The summed E-state index contributed by atoms with van der Waals surface area (Å²) in [4.78, 5) is 26.4. The highest BCUT2D eigenvalue weighted by atomic mass is 35.5. The Labute approximate surface area is 121 Å². The van der Waals surface area contributed by atoms with Crippen LogP contribution in [0.25, 0.3) is 0 Å². The molecule has 1 N–H and O–H groups in total. The van der Waals surface area contributed by atoms with Crippen LogP contribution in [0.15, 0.2) is 12.1 Å². The van der Waals surface area contributed by atoms with Crippen LogP contribution in [0.3, 0.4) is 0 Å². The van der Waals surface area contributed by atoms with Crippen molar-refractivity contribution >= 4 is 29.0 Å². The van der Waals surface area contributed by atoms with Crippen molar-refractivity contribution in [2.75, 3.05) is 5.32 Å². The number of pyridine rings is 1. The van der Waals surface area contributed by atoms with Crippen molar-refractivity contribution in [1.82, 2.24) is 4.98 Å². The summed E-state index contributed by atoms with van der Waals surface area (Å²) in [6.07, 6.45) is 0. The van der Waals surface area contributed by atoms with Crippen molar-refractivity contribution in [3.05, 3.63) is 27.4 Å². The Bertz CT molecular complexity index is 585. The van der Waals surface area contributed by atoms with Gasteiger partial charge in [-0.1, -0.05) is 39.3 Å². The smallest absolute Gasteiger partial charge is 0.305 e. The number of nitro groups is 1. The van der Waals surface area contributed by atoms with Gasteiger partial charge < -0.3 is 5.32 Å². The van der Waals surface area contributed by atoms with Gasteiger partial charge in [-0.15, -0.1) is 0 Å². The lowest BCUT2D eigenvalue weighted by Crippen LogP contribution is -2.19. The second-order valence-corrected chi connectivity index (χ2v) is 6.51. The predicted octanol–water partition coefficient (Wildman–Crippen LogP) is 3.26. The van der Waals surface area contributed by atoms with Crippen LogP contribution in [0.2, 0.25) is 5.15 Å². The summed E-state index contributed by atoms with van der Waals surface area (Å²) in [5, 5.41) is 13.6. The van der Waals surface area contributed by atoms with Crippen molar-refractivity contribution in [2.45, 2.75) is 27.7 Å². The van der Waals surface area contributed by atoms with Gasteiger partial charge in [-0.25, -0.2) is 4.98 Å². The molecule has 0 spiro atoms. The molecule has 1 amide bonds. The van der Waals surface area contributed by atoms with E-state index in [2.05, 4.69) is 10.3 Å². The van der Waals surface area contributed by atoms with E-state index in [1.165, 1.54) is 12.1 Å². The number of anilines is 1. The SMILES string of the molecule is CC1(C)C(C(=O)Nc2nc(Cl)ccc2[N+](=O)[O-])C1(C)C. The Morgan fingerprint density at radius 1 is 1.35 bits per heavy atom. The fraction of sp³-hybridized carbons (Fsp3) is 0.538. The number of amides is 1. The van der Waals surface area contributed by atoms with Crippen molar-refractivity contribution in [3.8, 4) is 0 Å². The molecule has 1 saturated carbocycles. The fourth-order valence-electron chi connectivity index (χ4n) is 2.71. The average molecular weight is 298 g/mol. The van der Waals surface area contributed by atoms with Crippen molar-refractivity contribution in [2.24, 2.45) is 16.7 Å². The molecule has 1 heterocycles. The highest BCUT2D eigenvalue weighted by Gasteiger charge is 2.68. The van der Waals surface area contributed by atoms with Gasteiger partial charge in [0.15, 0.2) is 0 Å². The Kier molecular flexibility index (Phi) is 3.25. The number of halogens is 1. The highest BCUT2D eigenvalue weighted by molar-refractivity contribution is 6.29.